The van der Waals surface area contributed by atoms with E-state index in [1.807, 2.05) is 0 Å². The predicted octanol–water partition coefficient (Wildman–Crippen LogP) is 3.69. The van der Waals surface area contributed by atoms with Crippen molar-refractivity contribution in [3.05, 3.63) is 32.3 Å². The lowest BCUT2D eigenvalue weighted by Crippen LogP contribution is -2.32. The van der Waals surface area contributed by atoms with Crippen LogP contribution in [-0.2, 0) is 4.79 Å². The summed E-state index contributed by atoms with van der Waals surface area (Å²) in [6, 6.07) is 5.01. The Labute approximate surface area is 130 Å². The number of aryl methyl sites for hydroxylation is 1. The molecule has 7 heteroatoms. The second-order valence-electron chi connectivity index (χ2n) is 5.23. The van der Waals surface area contributed by atoms with Crippen LogP contribution in [-0.4, -0.2) is 10.8 Å². The Morgan fingerprint density at radius 3 is 2.62 bits per heavy atom. The number of halogens is 1. The molecule has 0 aromatic heterocycles. The van der Waals surface area contributed by atoms with Gasteiger partial charge in [-0.05, 0) is 41.8 Å². The summed E-state index contributed by atoms with van der Waals surface area (Å²) in [5.41, 5.74) is -0.260. The lowest BCUT2D eigenvalue weighted by molar-refractivity contribution is -0.385. The molecule has 0 aliphatic heterocycles. The van der Waals surface area contributed by atoms with E-state index in [1.54, 1.807) is 13.0 Å². The van der Waals surface area contributed by atoms with Gasteiger partial charge in [-0.1, -0.05) is 12.8 Å². The van der Waals surface area contributed by atoms with Gasteiger partial charge in [-0.15, -0.1) is 0 Å². The van der Waals surface area contributed by atoms with Crippen LogP contribution in [0.4, 0.5) is 11.4 Å². The summed E-state index contributed by atoms with van der Waals surface area (Å²) in [5.74, 6) is -0.388. The molecular formula is C14H14BrN3O3. The second kappa shape index (κ2) is 5.82. The van der Waals surface area contributed by atoms with Gasteiger partial charge < -0.3 is 5.32 Å². The van der Waals surface area contributed by atoms with Crippen LogP contribution in [0, 0.1) is 33.8 Å². The Hall–Kier alpha value is -1.94. The summed E-state index contributed by atoms with van der Waals surface area (Å²) < 4.78 is 0.560. The van der Waals surface area contributed by atoms with Gasteiger partial charge in [-0.3, -0.25) is 14.9 Å². The SMILES string of the molecule is Cc1cc(Br)c(NC(=O)C2(C#N)CCCC2)cc1[N+](=O)[O-]. The van der Waals surface area contributed by atoms with E-state index in [4.69, 9.17) is 0 Å². The Bertz CT molecular complexity index is 646. The predicted molar refractivity (Wildman–Crippen MR) is 80.7 cm³/mol. The highest BCUT2D eigenvalue weighted by molar-refractivity contribution is 9.10. The third kappa shape index (κ3) is 2.90. The second-order valence-corrected chi connectivity index (χ2v) is 6.09. The Kier molecular flexibility index (Phi) is 4.28. The highest BCUT2D eigenvalue weighted by Gasteiger charge is 2.41. The summed E-state index contributed by atoms with van der Waals surface area (Å²) >= 11 is 3.29. The lowest BCUT2D eigenvalue weighted by atomic mass is 9.87. The highest BCUT2D eigenvalue weighted by Crippen LogP contribution is 2.39. The Morgan fingerprint density at radius 2 is 2.10 bits per heavy atom. The van der Waals surface area contributed by atoms with Crippen molar-refractivity contribution in [2.45, 2.75) is 32.6 Å². The first kappa shape index (κ1) is 15.4. The van der Waals surface area contributed by atoms with Crippen LogP contribution in [0.1, 0.15) is 31.2 Å². The minimum atomic E-state index is -1.01. The molecule has 1 fully saturated rings. The van der Waals surface area contributed by atoms with Gasteiger partial charge in [-0.25, -0.2) is 0 Å². The number of rotatable bonds is 3. The number of carbonyl (C=O) groups is 1. The van der Waals surface area contributed by atoms with Gasteiger partial charge in [0.25, 0.3) is 5.69 Å². The minimum Gasteiger partial charge on any atom is -0.323 e. The molecule has 1 aromatic carbocycles. The van der Waals surface area contributed by atoms with Crippen LogP contribution in [0.5, 0.6) is 0 Å². The maximum absolute atomic E-state index is 12.4. The minimum absolute atomic E-state index is 0.0640. The highest BCUT2D eigenvalue weighted by atomic mass is 79.9. The van der Waals surface area contributed by atoms with Crippen LogP contribution in [0.2, 0.25) is 0 Å². The van der Waals surface area contributed by atoms with Crippen molar-refractivity contribution in [3.8, 4) is 6.07 Å². The zero-order valence-electron chi connectivity index (χ0n) is 11.5. The van der Waals surface area contributed by atoms with Crippen molar-refractivity contribution >= 4 is 33.2 Å². The Morgan fingerprint density at radius 1 is 1.48 bits per heavy atom. The van der Waals surface area contributed by atoms with Gasteiger partial charge in [0.2, 0.25) is 5.91 Å². The van der Waals surface area contributed by atoms with E-state index in [0.29, 0.717) is 28.6 Å². The number of hydrogen-bond acceptors (Lipinski definition) is 4. The lowest BCUT2D eigenvalue weighted by Gasteiger charge is -2.19. The molecule has 0 atom stereocenters. The van der Waals surface area contributed by atoms with E-state index in [0.717, 1.165) is 12.8 Å². The molecule has 0 heterocycles. The monoisotopic (exact) mass is 351 g/mol. The molecule has 0 unspecified atom stereocenters. The first-order valence-electron chi connectivity index (χ1n) is 6.57. The molecule has 110 valence electrons. The van der Waals surface area contributed by atoms with E-state index in [2.05, 4.69) is 27.3 Å². The molecular weight excluding hydrogens is 338 g/mol. The summed E-state index contributed by atoms with van der Waals surface area (Å²) in [4.78, 5) is 22.8. The van der Waals surface area contributed by atoms with Crippen LogP contribution < -0.4 is 5.32 Å². The van der Waals surface area contributed by atoms with Gasteiger partial charge in [0.15, 0.2) is 0 Å². The number of nitrogens with zero attached hydrogens (tertiary/aromatic N) is 2. The topological polar surface area (TPSA) is 96.0 Å². The molecule has 1 amide bonds. The summed E-state index contributed by atoms with van der Waals surface area (Å²) in [7, 11) is 0. The molecule has 1 aliphatic carbocycles. The number of hydrogen-bond donors (Lipinski definition) is 1. The van der Waals surface area contributed by atoms with Gasteiger partial charge in [0.1, 0.15) is 5.41 Å². The third-order valence-electron chi connectivity index (χ3n) is 3.84. The van der Waals surface area contributed by atoms with E-state index >= 15 is 0 Å². The molecule has 0 bridgehead atoms. The third-order valence-corrected chi connectivity index (χ3v) is 4.49. The van der Waals surface area contributed by atoms with E-state index in [9.17, 15) is 20.2 Å². The van der Waals surface area contributed by atoms with E-state index in [1.165, 1.54) is 6.07 Å². The summed E-state index contributed by atoms with van der Waals surface area (Å²) in [5, 5.41) is 22.9. The molecule has 0 radical (unpaired) electrons. The average Bonchev–Trinajstić information content (AvgIpc) is 2.91. The number of carbonyl (C=O) groups excluding carboxylic acids is 1. The number of nitro benzene ring substituents is 1. The quantitative estimate of drug-likeness (QED) is 0.663. The van der Waals surface area contributed by atoms with Crippen LogP contribution in [0.3, 0.4) is 0 Å². The van der Waals surface area contributed by atoms with Crippen molar-refractivity contribution in [1.29, 1.82) is 5.26 Å². The van der Waals surface area contributed by atoms with Crippen LogP contribution in [0.15, 0.2) is 16.6 Å². The van der Waals surface area contributed by atoms with Gasteiger partial charge in [0, 0.05) is 16.1 Å². The van der Waals surface area contributed by atoms with Crippen molar-refractivity contribution < 1.29 is 9.72 Å². The molecule has 1 saturated carbocycles. The average molecular weight is 352 g/mol. The van der Waals surface area contributed by atoms with Crippen LogP contribution >= 0.6 is 15.9 Å². The van der Waals surface area contributed by atoms with E-state index in [-0.39, 0.29) is 11.6 Å². The van der Waals surface area contributed by atoms with Crippen molar-refractivity contribution in [2.75, 3.05) is 5.32 Å². The number of nitrogens with one attached hydrogen (secondary N) is 1. The molecule has 1 aromatic rings. The fourth-order valence-electron chi connectivity index (χ4n) is 2.56. The molecule has 2 rings (SSSR count). The molecule has 1 aliphatic rings. The number of nitriles is 1. The maximum Gasteiger partial charge on any atom is 0.274 e. The van der Waals surface area contributed by atoms with Gasteiger partial charge in [-0.2, -0.15) is 5.26 Å². The molecule has 1 N–H and O–H groups in total. The van der Waals surface area contributed by atoms with Crippen molar-refractivity contribution in [3.63, 3.8) is 0 Å². The zero-order chi connectivity index (χ0) is 15.6. The van der Waals surface area contributed by atoms with Crippen LogP contribution in [0.25, 0.3) is 0 Å². The molecule has 21 heavy (non-hydrogen) atoms. The number of nitro groups is 1. The summed E-state index contributed by atoms with van der Waals surface area (Å²) in [6.07, 6.45) is 2.74. The van der Waals surface area contributed by atoms with Gasteiger partial charge in [0.05, 0.1) is 16.7 Å². The standard InChI is InChI=1S/C14H14BrN3O3/c1-9-6-10(15)11(7-12(9)18(20)21)17-13(19)14(8-16)4-2-3-5-14/h6-7H,2-5H2,1H3,(H,17,19). The normalized spacial score (nSPS) is 16.2. The number of anilines is 1. The maximum atomic E-state index is 12.4. The molecule has 0 spiro atoms. The van der Waals surface area contributed by atoms with Crippen molar-refractivity contribution in [1.82, 2.24) is 0 Å². The summed E-state index contributed by atoms with van der Waals surface area (Å²) in [6.45, 7) is 1.63. The number of amides is 1. The number of benzene rings is 1. The van der Waals surface area contributed by atoms with E-state index < -0.39 is 10.3 Å². The fourth-order valence-corrected chi connectivity index (χ4v) is 3.12. The first-order valence-corrected chi connectivity index (χ1v) is 7.36. The van der Waals surface area contributed by atoms with Crippen molar-refractivity contribution in [2.24, 2.45) is 5.41 Å². The first-order chi connectivity index (χ1) is 9.89. The smallest absolute Gasteiger partial charge is 0.274 e. The molecule has 0 saturated heterocycles. The zero-order valence-corrected chi connectivity index (χ0v) is 13.1. The van der Waals surface area contributed by atoms with Gasteiger partial charge >= 0.3 is 0 Å². The fraction of sp³-hybridized carbons (Fsp3) is 0.429. The largest absolute Gasteiger partial charge is 0.323 e. The molecule has 6 nitrogen and oxygen atoms in total. The Balaban J connectivity index is 2.31.